The van der Waals surface area contributed by atoms with Crippen LogP contribution >= 0.6 is 0 Å². The molecule has 4 atom stereocenters. The molecule has 2 saturated heterocycles. The summed E-state index contributed by atoms with van der Waals surface area (Å²) in [7, 11) is 3.00. The minimum Gasteiger partial charge on any atom is -0.497 e. The number of aryl methyl sites for hydroxylation is 1. The molecule has 2 aliphatic rings. The van der Waals surface area contributed by atoms with Gasteiger partial charge in [-0.2, -0.15) is 0 Å². The molecule has 5 rings (SSSR count). The second-order valence-electron chi connectivity index (χ2n) is 9.52. The fourth-order valence-corrected chi connectivity index (χ4v) is 4.77. The van der Waals surface area contributed by atoms with Crippen LogP contribution < -0.4 is 20.4 Å². The van der Waals surface area contributed by atoms with E-state index in [2.05, 4.69) is 5.32 Å². The second-order valence-corrected chi connectivity index (χ2v) is 9.52. The van der Waals surface area contributed by atoms with Crippen LogP contribution in [0.25, 0.3) is 11.0 Å². The van der Waals surface area contributed by atoms with Gasteiger partial charge in [0.1, 0.15) is 28.9 Å². The zero-order valence-electron chi connectivity index (χ0n) is 21.4. The van der Waals surface area contributed by atoms with Crippen LogP contribution in [0, 0.1) is 6.92 Å². The van der Waals surface area contributed by atoms with Gasteiger partial charge in [0.25, 0.3) is 5.91 Å². The third kappa shape index (κ3) is 4.54. The van der Waals surface area contributed by atoms with Crippen molar-refractivity contribution < 1.29 is 42.4 Å². The minimum absolute atomic E-state index is 0.0146. The van der Waals surface area contributed by atoms with Crippen molar-refractivity contribution in [3.05, 3.63) is 64.0 Å². The molecule has 2 aliphatic heterocycles. The Hall–Kier alpha value is -4.09. The molecule has 0 unspecified atom stereocenters. The molecular formula is C27H27NO10. The van der Waals surface area contributed by atoms with Crippen molar-refractivity contribution in [3.8, 4) is 11.5 Å². The summed E-state index contributed by atoms with van der Waals surface area (Å²) >= 11 is 0. The monoisotopic (exact) mass is 525 g/mol. The number of methoxy groups -OCH3 is 2. The van der Waals surface area contributed by atoms with Gasteiger partial charge in [0.15, 0.2) is 6.10 Å². The largest absolute Gasteiger partial charge is 0.509 e. The van der Waals surface area contributed by atoms with Gasteiger partial charge in [-0.25, -0.2) is 9.59 Å². The van der Waals surface area contributed by atoms with Gasteiger partial charge >= 0.3 is 11.8 Å². The van der Waals surface area contributed by atoms with Crippen LogP contribution in [0.4, 0.5) is 10.5 Å². The number of ether oxygens (including phenoxy) is 6. The van der Waals surface area contributed by atoms with Gasteiger partial charge < -0.3 is 38.2 Å². The minimum atomic E-state index is -1.00. The summed E-state index contributed by atoms with van der Waals surface area (Å²) in [5.41, 5.74) is -0.494. The molecule has 3 aromatic rings. The van der Waals surface area contributed by atoms with Crippen molar-refractivity contribution in [1.29, 1.82) is 0 Å². The highest BCUT2D eigenvalue weighted by molar-refractivity contribution is 6.05. The number of anilines is 1. The highest BCUT2D eigenvalue weighted by Gasteiger charge is 2.59. The Kier molecular flexibility index (Phi) is 6.49. The van der Waals surface area contributed by atoms with Crippen molar-refractivity contribution in [2.45, 2.75) is 51.0 Å². The zero-order chi connectivity index (χ0) is 27.2. The SMILES string of the molecule is COc1cccc(C(=O)Nc2cc3ccc(O[C@@H]4OC(C)(C)[C@H](OC)[C@H]5OC(=O)O[C@@H]45)c(C)c3oc2=O)c1. The van der Waals surface area contributed by atoms with Crippen LogP contribution in [0.5, 0.6) is 11.5 Å². The van der Waals surface area contributed by atoms with Gasteiger partial charge in [-0.1, -0.05) is 6.07 Å². The molecule has 0 spiro atoms. The van der Waals surface area contributed by atoms with E-state index in [1.165, 1.54) is 20.3 Å². The second kappa shape index (κ2) is 9.66. The van der Waals surface area contributed by atoms with Crippen LogP contribution in [0.1, 0.15) is 29.8 Å². The quantitative estimate of drug-likeness (QED) is 0.374. The molecule has 3 heterocycles. The van der Waals surface area contributed by atoms with Crippen molar-refractivity contribution in [1.82, 2.24) is 0 Å². The van der Waals surface area contributed by atoms with Gasteiger partial charge in [-0.15, -0.1) is 0 Å². The summed E-state index contributed by atoms with van der Waals surface area (Å²) in [5, 5.41) is 3.15. The number of carbonyl (C=O) groups is 2. The molecule has 0 radical (unpaired) electrons. The number of nitrogens with one attached hydrogen (secondary N) is 1. The van der Waals surface area contributed by atoms with E-state index in [4.69, 9.17) is 32.8 Å². The van der Waals surface area contributed by atoms with E-state index < -0.39 is 47.9 Å². The predicted octanol–water partition coefficient (Wildman–Crippen LogP) is 3.80. The first-order chi connectivity index (χ1) is 18.1. The first-order valence-corrected chi connectivity index (χ1v) is 11.9. The zero-order valence-corrected chi connectivity index (χ0v) is 21.4. The first kappa shape index (κ1) is 25.6. The van der Waals surface area contributed by atoms with Crippen molar-refractivity contribution in [2.75, 3.05) is 19.5 Å². The lowest BCUT2D eigenvalue weighted by atomic mass is 9.89. The Labute approximate surface area is 217 Å². The van der Waals surface area contributed by atoms with E-state index in [-0.39, 0.29) is 11.3 Å². The molecule has 0 bridgehead atoms. The normalized spacial score (nSPS) is 23.8. The Morgan fingerprint density at radius 3 is 2.53 bits per heavy atom. The summed E-state index contributed by atoms with van der Waals surface area (Å²) in [6, 6.07) is 11.4. The molecule has 1 amide bonds. The fraction of sp³-hybridized carbons (Fsp3) is 0.370. The Morgan fingerprint density at radius 2 is 1.79 bits per heavy atom. The molecule has 0 aliphatic carbocycles. The van der Waals surface area contributed by atoms with E-state index in [9.17, 15) is 14.4 Å². The standard InChI is InChI=1S/C27H27NO10/c1-13-18(34-25-21-20(36-26(31)37-21)22(33-5)27(2,3)38-25)10-9-14-12-17(24(30)35-19(13)14)28-23(29)15-7-6-8-16(11-15)32-4/h6-12,20-22,25H,1-5H3,(H,28,29)/t20-,21+,22+,25+/m0/s1. The molecule has 2 aromatic carbocycles. The Morgan fingerprint density at radius 1 is 1.03 bits per heavy atom. The number of hydrogen-bond acceptors (Lipinski definition) is 10. The summed E-state index contributed by atoms with van der Waals surface area (Å²) in [6.45, 7) is 5.32. The molecule has 200 valence electrons. The fourth-order valence-electron chi connectivity index (χ4n) is 4.77. The highest BCUT2D eigenvalue weighted by Crippen LogP contribution is 2.39. The number of amides is 1. The third-order valence-electron chi connectivity index (χ3n) is 6.64. The number of benzene rings is 2. The van der Waals surface area contributed by atoms with Crippen molar-refractivity contribution in [3.63, 3.8) is 0 Å². The maximum absolute atomic E-state index is 12.8. The van der Waals surface area contributed by atoms with Gasteiger partial charge in [-0.05, 0) is 57.2 Å². The van der Waals surface area contributed by atoms with Gasteiger partial charge in [0.2, 0.25) is 12.4 Å². The topological polar surface area (TPSA) is 132 Å². The number of fused-ring (bicyclic) bond motifs is 2. The number of carbonyl (C=O) groups excluding carboxylic acids is 2. The van der Waals surface area contributed by atoms with Crippen LogP contribution in [0.15, 0.2) is 51.7 Å². The predicted molar refractivity (Wildman–Crippen MR) is 134 cm³/mol. The van der Waals surface area contributed by atoms with Gasteiger partial charge in [0.05, 0.1) is 12.7 Å². The van der Waals surface area contributed by atoms with Crippen molar-refractivity contribution >= 4 is 28.7 Å². The molecule has 11 heteroatoms. The van der Waals surface area contributed by atoms with Crippen LogP contribution in [-0.4, -0.2) is 56.5 Å². The molecule has 1 N–H and O–H groups in total. The van der Waals surface area contributed by atoms with Crippen LogP contribution in [0.2, 0.25) is 0 Å². The lowest BCUT2D eigenvalue weighted by Crippen LogP contribution is -2.62. The molecule has 1 aromatic heterocycles. The molecule has 11 nitrogen and oxygen atoms in total. The van der Waals surface area contributed by atoms with E-state index in [1.807, 2.05) is 0 Å². The smallest absolute Gasteiger partial charge is 0.497 e. The van der Waals surface area contributed by atoms with E-state index in [0.717, 1.165) is 0 Å². The lowest BCUT2D eigenvalue weighted by Gasteiger charge is -2.45. The lowest BCUT2D eigenvalue weighted by molar-refractivity contribution is -0.282. The first-order valence-electron chi connectivity index (χ1n) is 11.9. The van der Waals surface area contributed by atoms with E-state index in [0.29, 0.717) is 28.0 Å². The summed E-state index contributed by atoms with van der Waals surface area (Å²) < 4.78 is 39.1. The average molecular weight is 526 g/mol. The Bertz CT molecular complexity index is 1460. The highest BCUT2D eigenvalue weighted by atomic mass is 16.8. The van der Waals surface area contributed by atoms with E-state index >= 15 is 0 Å². The van der Waals surface area contributed by atoms with Gasteiger partial charge in [0, 0.05) is 23.6 Å². The van der Waals surface area contributed by atoms with Gasteiger partial charge in [-0.3, -0.25) is 4.79 Å². The number of hydrogen-bond donors (Lipinski definition) is 1. The molecule has 2 fully saturated rings. The summed E-state index contributed by atoms with van der Waals surface area (Å²) in [5.74, 6) is 0.383. The van der Waals surface area contributed by atoms with E-state index in [1.54, 1.807) is 57.2 Å². The maximum atomic E-state index is 12.8. The van der Waals surface area contributed by atoms with Crippen LogP contribution in [0.3, 0.4) is 0 Å². The molecular weight excluding hydrogens is 498 g/mol. The number of rotatable bonds is 6. The summed E-state index contributed by atoms with van der Waals surface area (Å²) in [4.78, 5) is 37.3. The molecule has 0 saturated carbocycles. The Balaban J connectivity index is 1.41. The maximum Gasteiger partial charge on any atom is 0.509 e. The molecule has 38 heavy (non-hydrogen) atoms. The third-order valence-corrected chi connectivity index (χ3v) is 6.64. The van der Waals surface area contributed by atoms with Crippen molar-refractivity contribution in [2.24, 2.45) is 0 Å². The van der Waals surface area contributed by atoms with Crippen LogP contribution in [-0.2, 0) is 18.9 Å². The summed E-state index contributed by atoms with van der Waals surface area (Å²) in [6.07, 6.45) is -3.99. The average Bonchev–Trinajstić information content (AvgIpc) is 3.27.